The molecule has 0 aromatic rings. The van der Waals surface area contributed by atoms with Gasteiger partial charge in [0.2, 0.25) is 0 Å². The van der Waals surface area contributed by atoms with Gasteiger partial charge in [-0.15, -0.1) is 0 Å². The topological polar surface area (TPSA) is 37.9 Å². The van der Waals surface area contributed by atoms with E-state index in [9.17, 15) is 4.39 Å². The van der Waals surface area contributed by atoms with E-state index in [0.29, 0.717) is 23.2 Å². The number of morpholine rings is 1. The summed E-state index contributed by atoms with van der Waals surface area (Å²) < 4.78 is 22.7. The largest absolute Gasteiger partial charge is 0.380 e. The molecule has 4 heterocycles. The van der Waals surface area contributed by atoms with Crippen molar-refractivity contribution >= 4 is 0 Å². The highest BCUT2D eigenvalue weighted by Gasteiger charge is 2.26. The predicted molar refractivity (Wildman–Crippen MR) is 225 cm³/mol. The Morgan fingerprint density at radius 3 is 1.04 bits per heavy atom. The minimum atomic E-state index is -0.213. The minimum Gasteiger partial charge on any atom is -0.380 e. The molecule has 0 unspecified atom stereocenters. The smallest absolute Gasteiger partial charge is 0.102 e. The first-order chi connectivity index (χ1) is 20.7. The number of nitrogens with zero attached hydrogens (tertiary/aromatic N) is 6. The zero-order chi connectivity index (χ0) is 34.3. The molecule has 0 atom stereocenters. The van der Waals surface area contributed by atoms with Gasteiger partial charge in [0.25, 0.3) is 0 Å². The lowest BCUT2D eigenvalue weighted by atomic mass is 10.1. The van der Waals surface area contributed by atoms with Crippen molar-refractivity contribution in [2.45, 2.75) is 149 Å². The van der Waals surface area contributed by atoms with E-state index in [2.05, 4.69) is 120 Å². The van der Waals surface area contributed by atoms with Crippen LogP contribution in [0.5, 0.6) is 0 Å². The van der Waals surface area contributed by atoms with Gasteiger partial charge in [-0.05, 0) is 96.6 Å². The van der Waals surface area contributed by atoms with Crippen LogP contribution in [-0.2, 0) is 9.47 Å². The molecule has 0 amide bonds. The molecule has 4 fully saturated rings. The molecule has 0 spiro atoms. The third-order valence-corrected chi connectivity index (χ3v) is 9.30. The Labute approximate surface area is 316 Å². The lowest BCUT2D eigenvalue weighted by Crippen LogP contribution is -2.53. The zero-order valence-electron chi connectivity index (χ0n) is 32.3. The third kappa shape index (κ3) is 25.6. The van der Waals surface area contributed by atoms with Crippen LogP contribution >= 0.6 is 0 Å². The molecule has 0 radical (unpaired) electrons. The SMILES string of the molecule is C.C.C.C.C.CC(C)(C)N1CCCOCC1.CC(C)(C)N1CCN(CCF)CC1.CC(C)(C)N1CCOCC1.CN1CCN(C(C)(C)C)CC1. The Balaban J connectivity index is -0.000000175. The van der Waals surface area contributed by atoms with Crippen LogP contribution in [0, 0.1) is 0 Å². The lowest BCUT2D eigenvalue weighted by Gasteiger charge is -2.42. The molecule has 4 aliphatic rings. The number of alkyl halides is 1. The van der Waals surface area contributed by atoms with Crippen LogP contribution in [0.1, 0.15) is 127 Å². The van der Waals surface area contributed by atoms with E-state index >= 15 is 0 Å². The highest BCUT2D eigenvalue weighted by molar-refractivity contribution is 4.82. The summed E-state index contributed by atoms with van der Waals surface area (Å²) >= 11 is 0. The normalized spacial score (nSPS) is 20.8. The second-order valence-corrected chi connectivity index (χ2v) is 17.0. The summed E-state index contributed by atoms with van der Waals surface area (Å²) in [6.07, 6.45) is 1.18. The molecule has 310 valence electrons. The van der Waals surface area contributed by atoms with Crippen LogP contribution in [-0.4, -0.2) is 177 Å². The summed E-state index contributed by atoms with van der Waals surface area (Å²) in [5, 5.41) is 0. The van der Waals surface area contributed by atoms with E-state index in [1.165, 1.54) is 39.1 Å². The molecule has 0 aromatic carbocycles. The van der Waals surface area contributed by atoms with Crippen molar-refractivity contribution in [3.8, 4) is 0 Å². The zero-order valence-corrected chi connectivity index (χ0v) is 32.3. The monoisotopic (exact) mass is 725 g/mol. The van der Waals surface area contributed by atoms with Crippen molar-refractivity contribution in [1.82, 2.24) is 29.4 Å². The van der Waals surface area contributed by atoms with E-state index in [1.807, 2.05) is 0 Å². The highest BCUT2D eigenvalue weighted by atomic mass is 19.1. The van der Waals surface area contributed by atoms with E-state index < -0.39 is 0 Å². The Kier molecular flexibility index (Phi) is 33.1. The molecular weight excluding hydrogens is 627 g/mol. The van der Waals surface area contributed by atoms with Crippen molar-refractivity contribution in [3.05, 3.63) is 0 Å². The molecule has 4 saturated heterocycles. The number of likely N-dealkylation sites (N-methyl/N-ethyl adjacent to an activating group) is 1. The van der Waals surface area contributed by atoms with Gasteiger partial charge < -0.3 is 14.4 Å². The first-order valence-electron chi connectivity index (χ1n) is 17.9. The van der Waals surface area contributed by atoms with E-state index in [0.717, 1.165) is 72.2 Å². The van der Waals surface area contributed by atoms with Crippen molar-refractivity contribution in [3.63, 3.8) is 0 Å². The van der Waals surface area contributed by atoms with E-state index in [1.54, 1.807) is 0 Å². The molecule has 9 heteroatoms. The maximum Gasteiger partial charge on any atom is 0.102 e. The van der Waals surface area contributed by atoms with Gasteiger partial charge in [-0.2, -0.15) is 0 Å². The number of hydrogen-bond donors (Lipinski definition) is 0. The molecule has 50 heavy (non-hydrogen) atoms. The van der Waals surface area contributed by atoms with Gasteiger partial charge in [-0.3, -0.25) is 24.5 Å². The van der Waals surface area contributed by atoms with Gasteiger partial charge in [0.05, 0.1) is 19.8 Å². The van der Waals surface area contributed by atoms with Crippen molar-refractivity contribution in [2.75, 3.05) is 125 Å². The van der Waals surface area contributed by atoms with Crippen LogP contribution in [0.4, 0.5) is 4.39 Å². The first kappa shape index (κ1) is 58.9. The molecule has 0 aliphatic carbocycles. The van der Waals surface area contributed by atoms with Gasteiger partial charge >= 0.3 is 0 Å². The Morgan fingerprint density at radius 2 is 0.720 bits per heavy atom. The fourth-order valence-electron chi connectivity index (χ4n) is 5.89. The second-order valence-electron chi connectivity index (χ2n) is 17.0. The van der Waals surface area contributed by atoms with Gasteiger partial charge in [0.15, 0.2) is 0 Å². The van der Waals surface area contributed by atoms with Crippen LogP contribution in [0.3, 0.4) is 0 Å². The number of halogens is 1. The van der Waals surface area contributed by atoms with E-state index in [-0.39, 0.29) is 49.3 Å². The van der Waals surface area contributed by atoms with Crippen molar-refractivity contribution < 1.29 is 13.9 Å². The molecular formula is C41H97FN6O2. The average molecular weight is 725 g/mol. The maximum atomic E-state index is 12.1. The summed E-state index contributed by atoms with van der Waals surface area (Å²) in [7, 11) is 2.19. The van der Waals surface area contributed by atoms with Crippen LogP contribution < -0.4 is 0 Å². The molecule has 0 bridgehead atoms. The molecule has 4 rings (SSSR count). The van der Waals surface area contributed by atoms with Crippen molar-refractivity contribution in [1.29, 1.82) is 0 Å². The van der Waals surface area contributed by atoms with Gasteiger partial charge in [0, 0.05) is 114 Å². The predicted octanol–water partition coefficient (Wildman–Crippen LogP) is 8.21. The summed E-state index contributed by atoms with van der Waals surface area (Å²) in [5.41, 5.74) is 1.26. The first-order valence-corrected chi connectivity index (χ1v) is 17.9. The number of ether oxygens (including phenoxy) is 2. The van der Waals surface area contributed by atoms with Crippen LogP contribution in [0.15, 0.2) is 0 Å². The van der Waals surface area contributed by atoms with E-state index in [4.69, 9.17) is 9.47 Å². The third-order valence-electron chi connectivity index (χ3n) is 9.30. The fraction of sp³-hybridized carbons (Fsp3) is 1.00. The Hall–Kier alpha value is -0.390. The second kappa shape index (κ2) is 28.1. The highest BCUT2D eigenvalue weighted by Crippen LogP contribution is 2.17. The quantitative estimate of drug-likeness (QED) is 0.282. The Morgan fingerprint density at radius 1 is 0.420 bits per heavy atom. The van der Waals surface area contributed by atoms with Gasteiger partial charge in [-0.25, -0.2) is 4.39 Å². The summed E-state index contributed by atoms with van der Waals surface area (Å²) in [6.45, 7) is 44.6. The average Bonchev–Trinajstić information content (AvgIpc) is 3.24. The molecule has 4 aliphatic heterocycles. The summed E-state index contributed by atoms with van der Waals surface area (Å²) in [5.74, 6) is 0. The lowest BCUT2D eigenvalue weighted by molar-refractivity contribution is -0.00389. The van der Waals surface area contributed by atoms with Crippen molar-refractivity contribution in [2.24, 2.45) is 0 Å². The summed E-state index contributed by atoms with van der Waals surface area (Å²) in [4.78, 5) is 14.5. The summed E-state index contributed by atoms with van der Waals surface area (Å²) in [6, 6.07) is 0. The maximum absolute atomic E-state index is 12.1. The standard InChI is InChI=1S/C10H21FN2.C9H20N2.C9H19NO.C8H17NO.5CH4/c1-10(2,3)13-8-6-12(5-4-11)7-9-13;1-9(2,3)11-7-5-10(4)6-8-11;1-9(2,3)10-5-4-7-11-8-6-10;1-8(2,3)9-4-6-10-7-5-9;;;;;/h4-9H2,1-3H3;5-8H2,1-4H3;4-8H2,1-3H3;4-7H2,1-3H3;5*1H4. The van der Waals surface area contributed by atoms with Crippen LogP contribution in [0.2, 0.25) is 0 Å². The minimum absolute atomic E-state index is 0. The Bertz CT molecular complexity index is 730. The van der Waals surface area contributed by atoms with Gasteiger partial charge in [0.1, 0.15) is 6.67 Å². The van der Waals surface area contributed by atoms with Crippen LogP contribution in [0.25, 0.3) is 0 Å². The fourth-order valence-corrected chi connectivity index (χ4v) is 5.89. The van der Waals surface area contributed by atoms with Gasteiger partial charge in [-0.1, -0.05) is 37.1 Å². The molecule has 0 saturated carbocycles. The molecule has 0 aromatic heterocycles. The number of rotatable bonds is 2. The molecule has 0 N–H and O–H groups in total. The number of hydrogen-bond acceptors (Lipinski definition) is 8. The molecule has 8 nitrogen and oxygen atoms in total. The number of piperazine rings is 2.